The van der Waals surface area contributed by atoms with Crippen LogP contribution in [0.1, 0.15) is 12.0 Å². The Balaban J connectivity index is 1.96. The van der Waals surface area contributed by atoms with Crippen molar-refractivity contribution < 1.29 is 32.3 Å². The lowest BCUT2D eigenvalue weighted by atomic mass is 9.95. The number of nitro groups is 1. The van der Waals surface area contributed by atoms with Gasteiger partial charge < -0.3 is 14.2 Å². The van der Waals surface area contributed by atoms with Gasteiger partial charge in [-0.3, -0.25) is 14.9 Å². The molecule has 0 aliphatic carbocycles. The molecule has 1 unspecified atom stereocenters. The van der Waals surface area contributed by atoms with E-state index in [-0.39, 0.29) is 29.3 Å². The number of cyclic esters (lactones) is 1. The van der Waals surface area contributed by atoms with E-state index < -0.39 is 26.8 Å². The zero-order valence-corrected chi connectivity index (χ0v) is 17.4. The van der Waals surface area contributed by atoms with Gasteiger partial charge in [0, 0.05) is 23.6 Å². The minimum absolute atomic E-state index is 0.0342. The second kappa shape index (κ2) is 9.00. The second-order valence-electron chi connectivity index (χ2n) is 6.50. The smallest absolute Gasteiger partial charge is 0.306 e. The number of nitrogens with one attached hydrogen (secondary N) is 1. The van der Waals surface area contributed by atoms with Gasteiger partial charge >= 0.3 is 5.97 Å². The fourth-order valence-electron chi connectivity index (χ4n) is 2.98. The summed E-state index contributed by atoms with van der Waals surface area (Å²) in [4.78, 5) is 23.7. The Morgan fingerprint density at radius 1 is 1.16 bits per heavy atom. The van der Waals surface area contributed by atoms with Crippen LogP contribution >= 0.6 is 0 Å². The number of carbonyl (C=O) groups is 1. The zero-order chi connectivity index (χ0) is 22.6. The van der Waals surface area contributed by atoms with Gasteiger partial charge in [0.25, 0.3) is 15.7 Å². The van der Waals surface area contributed by atoms with E-state index in [1.165, 1.54) is 14.2 Å². The number of rotatable bonds is 8. The quantitative estimate of drug-likeness (QED) is 0.278. The summed E-state index contributed by atoms with van der Waals surface area (Å²) in [6.45, 7) is 0.0469. The lowest BCUT2D eigenvalue weighted by molar-refractivity contribution is -0.384. The molecular weight excluding hydrogens is 430 g/mol. The summed E-state index contributed by atoms with van der Waals surface area (Å²) in [7, 11) is -1.18. The van der Waals surface area contributed by atoms with E-state index in [2.05, 4.69) is 9.93 Å². The molecule has 1 N–H and O–H groups in total. The third-order valence-electron chi connectivity index (χ3n) is 4.57. The number of methoxy groups -OCH3 is 2. The van der Waals surface area contributed by atoms with Crippen molar-refractivity contribution in [2.24, 2.45) is 11.0 Å². The molecule has 1 saturated heterocycles. The van der Waals surface area contributed by atoms with Gasteiger partial charge in [-0.05, 0) is 30.3 Å². The van der Waals surface area contributed by atoms with E-state index in [4.69, 9.17) is 14.2 Å². The van der Waals surface area contributed by atoms with Crippen LogP contribution in [0.2, 0.25) is 0 Å². The number of ether oxygens (including phenoxy) is 3. The maximum atomic E-state index is 12.6. The molecule has 1 atom stereocenters. The maximum Gasteiger partial charge on any atom is 0.306 e. The normalized spacial score (nSPS) is 16.5. The van der Waals surface area contributed by atoms with Crippen molar-refractivity contribution in [3.63, 3.8) is 0 Å². The number of hydrazone groups is 1. The minimum Gasteiger partial charge on any atom is -0.493 e. The highest BCUT2D eigenvalue weighted by molar-refractivity contribution is 7.89. The molecule has 1 fully saturated rings. The van der Waals surface area contributed by atoms with Gasteiger partial charge in [0.1, 0.15) is 6.61 Å². The monoisotopic (exact) mass is 449 g/mol. The van der Waals surface area contributed by atoms with Gasteiger partial charge in [-0.25, -0.2) is 0 Å². The molecule has 11 nitrogen and oxygen atoms in total. The van der Waals surface area contributed by atoms with E-state index in [1.54, 1.807) is 18.2 Å². The van der Waals surface area contributed by atoms with Gasteiger partial charge in [-0.2, -0.15) is 18.4 Å². The Kier molecular flexibility index (Phi) is 6.39. The Labute approximate surface area is 177 Å². The molecule has 31 heavy (non-hydrogen) atoms. The fourth-order valence-corrected chi connectivity index (χ4v) is 3.80. The Bertz CT molecular complexity index is 1130. The predicted octanol–water partition coefficient (Wildman–Crippen LogP) is 1.86. The van der Waals surface area contributed by atoms with Crippen molar-refractivity contribution in [1.82, 2.24) is 4.83 Å². The summed E-state index contributed by atoms with van der Waals surface area (Å²) in [5, 5.41) is 14.8. The number of hydrogen-bond donors (Lipinski definition) is 1. The molecular formula is C19H19N3O8S. The van der Waals surface area contributed by atoms with Crippen molar-refractivity contribution >= 4 is 27.4 Å². The summed E-state index contributed by atoms with van der Waals surface area (Å²) < 4.78 is 40.7. The molecule has 1 heterocycles. The van der Waals surface area contributed by atoms with Crippen LogP contribution < -0.4 is 14.3 Å². The third-order valence-corrected chi connectivity index (χ3v) is 5.79. The van der Waals surface area contributed by atoms with Crippen LogP contribution in [-0.4, -0.2) is 45.8 Å². The van der Waals surface area contributed by atoms with Crippen molar-refractivity contribution in [3.05, 3.63) is 58.1 Å². The van der Waals surface area contributed by atoms with Crippen LogP contribution in [0, 0.1) is 16.0 Å². The molecule has 164 valence electrons. The third kappa shape index (κ3) is 4.91. The van der Waals surface area contributed by atoms with E-state index in [0.29, 0.717) is 17.1 Å². The van der Waals surface area contributed by atoms with Crippen LogP contribution in [0.15, 0.2) is 52.5 Å². The molecule has 0 amide bonds. The van der Waals surface area contributed by atoms with Crippen LogP contribution in [0.5, 0.6) is 11.5 Å². The summed E-state index contributed by atoms with van der Waals surface area (Å²) in [5.41, 5.74) is 0.541. The maximum absolute atomic E-state index is 12.6. The van der Waals surface area contributed by atoms with E-state index in [9.17, 15) is 23.3 Å². The molecule has 3 rings (SSSR count). The van der Waals surface area contributed by atoms with Gasteiger partial charge in [0.2, 0.25) is 0 Å². The van der Waals surface area contributed by atoms with Crippen molar-refractivity contribution in [3.8, 4) is 11.5 Å². The second-order valence-corrected chi connectivity index (χ2v) is 8.16. The number of carbonyl (C=O) groups excluding carboxylic acids is 1. The largest absolute Gasteiger partial charge is 0.493 e. The van der Waals surface area contributed by atoms with Gasteiger partial charge in [-0.1, -0.05) is 0 Å². The number of sulfonamides is 1. The van der Waals surface area contributed by atoms with Gasteiger partial charge in [-0.15, -0.1) is 0 Å². The molecule has 0 bridgehead atoms. The molecule has 1 aliphatic heterocycles. The summed E-state index contributed by atoms with van der Waals surface area (Å²) in [6.07, 6.45) is 0.0342. The number of nitrogens with zero attached hydrogens (tertiary/aromatic N) is 2. The average Bonchev–Trinajstić information content (AvgIpc) is 3.19. The van der Waals surface area contributed by atoms with Crippen molar-refractivity contribution in [1.29, 1.82) is 0 Å². The van der Waals surface area contributed by atoms with Crippen LogP contribution in [0.25, 0.3) is 0 Å². The molecule has 1 aliphatic rings. The first kappa shape index (κ1) is 22.0. The van der Waals surface area contributed by atoms with Crippen LogP contribution in [0.4, 0.5) is 5.69 Å². The molecule has 0 saturated carbocycles. The van der Waals surface area contributed by atoms with Crippen LogP contribution in [0.3, 0.4) is 0 Å². The molecule has 12 heteroatoms. The first-order chi connectivity index (χ1) is 14.7. The summed E-state index contributed by atoms with van der Waals surface area (Å²) in [6, 6.07) is 9.27. The highest BCUT2D eigenvalue weighted by atomic mass is 32.2. The highest BCUT2D eigenvalue weighted by Crippen LogP contribution is 2.30. The number of hydrogen-bond acceptors (Lipinski definition) is 9. The average molecular weight is 449 g/mol. The summed E-state index contributed by atoms with van der Waals surface area (Å²) >= 11 is 0. The lowest BCUT2D eigenvalue weighted by Crippen LogP contribution is -2.24. The standard InChI is InChI=1S/C19H19N3O8S/c1-28-16-8-3-12(9-17(16)29-2)19(13-10-18(23)30-11-13)20-21-31(26,27)15-6-4-14(5-7-15)22(24)25/h3-9,13,21H,10-11H2,1-2H3/b20-19+. The van der Waals surface area contributed by atoms with E-state index in [0.717, 1.165) is 24.3 Å². The zero-order valence-electron chi connectivity index (χ0n) is 16.6. The highest BCUT2D eigenvalue weighted by Gasteiger charge is 2.30. The Morgan fingerprint density at radius 2 is 1.84 bits per heavy atom. The topological polar surface area (TPSA) is 146 Å². The van der Waals surface area contributed by atoms with Crippen LogP contribution in [-0.2, 0) is 19.6 Å². The molecule has 0 radical (unpaired) electrons. The Hall–Kier alpha value is -3.67. The Morgan fingerprint density at radius 3 is 2.39 bits per heavy atom. The van der Waals surface area contributed by atoms with E-state index in [1.807, 2.05) is 0 Å². The number of esters is 1. The molecule has 0 aromatic heterocycles. The number of nitro benzene ring substituents is 1. The predicted molar refractivity (Wildman–Crippen MR) is 109 cm³/mol. The molecule has 2 aromatic rings. The van der Waals surface area contributed by atoms with E-state index >= 15 is 0 Å². The molecule has 2 aromatic carbocycles. The number of benzene rings is 2. The SMILES string of the molecule is COc1ccc(/C(=N\NS(=O)(=O)c2ccc([N+](=O)[O-])cc2)C2COC(=O)C2)cc1OC. The van der Waals surface area contributed by atoms with Crippen molar-refractivity contribution in [2.45, 2.75) is 11.3 Å². The minimum atomic E-state index is -4.12. The van der Waals surface area contributed by atoms with Gasteiger partial charge in [0.05, 0.1) is 36.2 Å². The molecule has 0 spiro atoms. The first-order valence-electron chi connectivity index (χ1n) is 8.97. The van der Waals surface area contributed by atoms with Crippen molar-refractivity contribution in [2.75, 3.05) is 20.8 Å². The first-order valence-corrected chi connectivity index (χ1v) is 10.5. The van der Waals surface area contributed by atoms with Gasteiger partial charge in [0.15, 0.2) is 11.5 Å². The number of non-ortho nitro benzene ring substituents is 1. The fraction of sp³-hybridized carbons (Fsp3) is 0.263. The summed E-state index contributed by atoms with van der Waals surface area (Å²) in [5.74, 6) is -0.0338. The lowest BCUT2D eigenvalue weighted by Gasteiger charge is -2.15.